The first kappa shape index (κ1) is 16.0. The van der Waals surface area contributed by atoms with Crippen LogP contribution in [0.4, 0.5) is 8.78 Å². The maximum Gasteiger partial charge on any atom is 0.246 e. The summed E-state index contributed by atoms with van der Waals surface area (Å²) in [5.41, 5.74) is 0. The van der Waals surface area contributed by atoms with Crippen molar-refractivity contribution >= 4 is 10.0 Å². The highest BCUT2D eigenvalue weighted by Gasteiger charge is 2.23. The standard InChI is InChI=1S/C12H18F2N2O2S/c1-3-16(4-2)9-8-15-19(17,18)12-10(13)6-5-7-11(12)14/h5-7,15H,3-4,8-9H2,1-2H3. The molecule has 19 heavy (non-hydrogen) atoms. The van der Waals surface area contributed by atoms with Crippen LogP contribution in [0.3, 0.4) is 0 Å². The van der Waals surface area contributed by atoms with E-state index in [1.807, 2.05) is 18.7 Å². The molecule has 0 radical (unpaired) electrons. The molecular weight excluding hydrogens is 274 g/mol. The molecule has 0 saturated carbocycles. The Morgan fingerprint density at radius 3 is 2.16 bits per heavy atom. The van der Waals surface area contributed by atoms with Crippen LogP contribution in [-0.2, 0) is 10.0 Å². The quantitative estimate of drug-likeness (QED) is 0.830. The molecule has 108 valence electrons. The van der Waals surface area contributed by atoms with Gasteiger partial charge in [0.15, 0.2) is 4.90 Å². The van der Waals surface area contributed by atoms with Crippen LogP contribution in [0.15, 0.2) is 23.1 Å². The summed E-state index contributed by atoms with van der Waals surface area (Å²) >= 11 is 0. The number of nitrogens with one attached hydrogen (secondary N) is 1. The van der Waals surface area contributed by atoms with E-state index >= 15 is 0 Å². The van der Waals surface area contributed by atoms with Crippen LogP contribution in [0.25, 0.3) is 0 Å². The Kier molecular flexibility index (Phi) is 5.84. The van der Waals surface area contributed by atoms with Crippen molar-refractivity contribution in [1.82, 2.24) is 9.62 Å². The monoisotopic (exact) mass is 292 g/mol. The van der Waals surface area contributed by atoms with Gasteiger partial charge in [-0.1, -0.05) is 19.9 Å². The van der Waals surface area contributed by atoms with Gasteiger partial charge in [-0.25, -0.2) is 21.9 Å². The fourth-order valence-electron chi connectivity index (χ4n) is 1.69. The molecule has 1 rings (SSSR count). The van der Waals surface area contributed by atoms with Gasteiger partial charge in [0.2, 0.25) is 10.0 Å². The third-order valence-electron chi connectivity index (χ3n) is 2.80. The molecule has 7 heteroatoms. The number of hydrogen-bond acceptors (Lipinski definition) is 3. The third-order valence-corrected chi connectivity index (χ3v) is 4.31. The van der Waals surface area contributed by atoms with E-state index in [1.165, 1.54) is 0 Å². The maximum absolute atomic E-state index is 13.4. The van der Waals surface area contributed by atoms with Crippen molar-refractivity contribution in [2.24, 2.45) is 0 Å². The van der Waals surface area contributed by atoms with Gasteiger partial charge in [-0.3, -0.25) is 0 Å². The number of benzene rings is 1. The molecule has 0 unspecified atom stereocenters. The van der Waals surface area contributed by atoms with Crippen molar-refractivity contribution in [1.29, 1.82) is 0 Å². The molecule has 0 aromatic heterocycles. The van der Waals surface area contributed by atoms with Crippen LogP contribution >= 0.6 is 0 Å². The lowest BCUT2D eigenvalue weighted by Gasteiger charge is -2.18. The molecule has 0 heterocycles. The minimum atomic E-state index is -4.16. The second-order valence-electron chi connectivity index (χ2n) is 3.98. The van der Waals surface area contributed by atoms with Gasteiger partial charge in [0.25, 0.3) is 0 Å². The Hall–Kier alpha value is -1.05. The molecule has 4 nitrogen and oxygen atoms in total. The molecule has 0 amide bonds. The molecule has 0 aliphatic rings. The lowest BCUT2D eigenvalue weighted by Crippen LogP contribution is -2.35. The molecule has 1 aromatic carbocycles. The molecule has 0 atom stereocenters. The summed E-state index contributed by atoms with van der Waals surface area (Å²) in [6, 6.07) is 2.96. The van der Waals surface area contributed by atoms with Crippen molar-refractivity contribution in [3.63, 3.8) is 0 Å². The number of rotatable bonds is 7. The maximum atomic E-state index is 13.4. The van der Waals surface area contributed by atoms with Crippen molar-refractivity contribution < 1.29 is 17.2 Å². The van der Waals surface area contributed by atoms with Crippen LogP contribution in [0, 0.1) is 11.6 Å². The van der Waals surface area contributed by atoms with Gasteiger partial charge in [-0.2, -0.15) is 0 Å². The minimum absolute atomic E-state index is 0.109. The van der Waals surface area contributed by atoms with E-state index in [1.54, 1.807) is 0 Å². The summed E-state index contributed by atoms with van der Waals surface area (Å²) in [6.45, 7) is 6.07. The zero-order chi connectivity index (χ0) is 14.5. The van der Waals surface area contributed by atoms with E-state index < -0.39 is 26.6 Å². The van der Waals surface area contributed by atoms with Gasteiger partial charge in [-0.05, 0) is 25.2 Å². The van der Waals surface area contributed by atoms with Crippen LogP contribution in [-0.4, -0.2) is 39.5 Å². The Labute approximate surface area is 112 Å². The van der Waals surface area contributed by atoms with E-state index in [4.69, 9.17) is 0 Å². The van der Waals surface area contributed by atoms with Crippen molar-refractivity contribution in [3.8, 4) is 0 Å². The van der Waals surface area contributed by atoms with Gasteiger partial charge in [-0.15, -0.1) is 0 Å². The molecule has 0 aliphatic carbocycles. The first-order chi connectivity index (χ1) is 8.92. The Morgan fingerprint density at radius 1 is 1.16 bits per heavy atom. The summed E-state index contributed by atoms with van der Waals surface area (Å²) in [5, 5.41) is 0. The van der Waals surface area contributed by atoms with E-state index in [2.05, 4.69) is 4.72 Å². The highest BCUT2D eigenvalue weighted by Crippen LogP contribution is 2.17. The fraction of sp³-hybridized carbons (Fsp3) is 0.500. The summed E-state index contributed by atoms with van der Waals surface area (Å²) in [4.78, 5) is 1.08. The first-order valence-corrected chi connectivity index (χ1v) is 7.56. The first-order valence-electron chi connectivity index (χ1n) is 6.08. The summed E-state index contributed by atoms with van der Waals surface area (Å²) in [5.74, 6) is -2.18. The smallest absolute Gasteiger partial charge is 0.246 e. The number of sulfonamides is 1. The van der Waals surface area contributed by atoms with Crippen molar-refractivity contribution in [3.05, 3.63) is 29.8 Å². The van der Waals surface area contributed by atoms with Crippen molar-refractivity contribution in [2.75, 3.05) is 26.2 Å². The topological polar surface area (TPSA) is 49.4 Å². The molecule has 0 saturated heterocycles. The highest BCUT2D eigenvalue weighted by molar-refractivity contribution is 7.89. The fourth-order valence-corrected chi connectivity index (χ4v) is 2.84. The Balaban J connectivity index is 2.77. The minimum Gasteiger partial charge on any atom is -0.303 e. The average Bonchev–Trinajstić information content (AvgIpc) is 2.34. The lowest BCUT2D eigenvalue weighted by atomic mass is 10.3. The molecule has 0 spiro atoms. The molecule has 0 aliphatic heterocycles. The SMILES string of the molecule is CCN(CC)CCNS(=O)(=O)c1c(F)cccc1F. The second-order valence-corrected chi connectivity index (χ2v) is 5.68. The van der Waals surface area contributed by atoms with Gasteiger partial charge < -0.3 is 4.90 Å². The number of hydrogen-bond donors (Lipinski definition) is 1. The highest BCUT2D eigenvalue weighted by atomic mass is 32.2. The molecule has 1 aromatic rings. The number of nitrogens with zero attached hydrogens (tertiary/aromatic N) is 1. The zero-order valence-electron chi connectivity index (χ0n) is 11.0. The Bertz CT molecular complexity index is 496. The van der Waals surface area contributed by atoms with Crippen LogP contribution in [0.1, 0.15) is 13.8 Å². The van der Waals surface area contributed by atoms with Crippen LogP contribution in [0.2, 0.25) is 0 Å². The normalized spacial score (nSPS) is 12.1. The molecular formula is C12H18F2N2O2S. The summed E-state index contributed by atoms with van der Waals surface area (Å²) < 4.78 is 52.6. The van der Waals surface area contributed by atoms with Gasteiger partial charge in [0, 0.05) is 13.1 Å². The summed E-state index contributed by atoms with van der Waals surface area (Å²) in [6.07, 6.45) is 0. The second kappa shape index (κ2) is 6.93. The Morgan fingerprint density at radius 2 is 1.68 bits per heavy atom. The van der Waals surface area contributed by atoms with Gasteiger partial charge in [0.1, 0.15) is 11.6 Å². The summed E-state index contributed by atoms with van der Waals surface area (Å²) in [7, 11) is -4.16. The van der Waals surface area contributed by atoms with Gasteiger partial charge in [0.05, 0.1) is 0 Å². The average molecular weight is 292 g/mol. The van der Waals surface area contributed by atoms with Crippen molar-refractivity contribution in [2.45, 2.75) is 18.7 Å². The lowest BCUT2D eigenvalue weighted by molar-refractivity contribution is 0.308. The zero-order valence-corrected chi connectivity index (χ0v) is 11.8. The van der Waals surface area contributed by atoms with E-state index in [9.17, 15) is 17.2 Å². The number of likely N-dealkylation sites (N-methyl/N-ethyl adjacent to an activating group) is 1. The molecule has 0 fully saturated rings. The van der Waals surface area contributed by atoms with Crippen LogP contribution < -0.4 is 4.72 Å². The predicted molar refractivity (Wildman–Crippen MR) is 69.3 cm³/mol. The predicted octanol–water partition coefficient (Wildman–Crippen LogP) is 1.58. The van der Waals surface area contributed by atoms with E-state index in [0.29, 0.717) is 6.54 Å². The molecule has 1 N–H and O–H groups in total. The van der Waals surface area contributed by atoms with E-state index in [0.717, 1.165) is 31.3 Å². The van der Waals surface area contributed by atoms with E-state index in [-0.39, 0.29) is 6.54 Å². The van der Waals surface area contributed by atoms with Crippen LogP contribution in [0.5, 0.6) is 0 Å². The third kappa shape index (κ3) is 4.22. The number of halogens is 2. The van der Waals surface area contributed by atoms with Gasteiger partial charge >= 0.3 is 0 Å². The largest absolute Gasteiger partial charge is 0.303 e. The molecule has 0 bridgehead atoms.